The Balaban J connectivity index is 1.27. The SMILES string of the molecule is c1ccc(-c2nc(-c3ccccc3)nc(-n3c4ccccc4c4cc5c6ccccc6n(-c6cccc7sc8ccccc8c67)c5cc43)n2)cc1. The molecule has 0 saturated heterocycles. The minimum absolute atomic E-state index is 0.585. The Morgan fingerprint density at radius 2 is 0.902 bits per heavy atom. The van der Waals surface area contributed by atoms with Gasteiger partial charge in [-0.2, -0.15) is 9.97 Å². The molecule has 0 unspecified atom stereocenters. The lowest BCUT2D eigenvalue weighted by molar-refractivity contribution is 0.953. The molecule has 7 aromatic carbocycles. The number of fused-ring (bicyclic) bond motifs is 9. The van der Waals surface area contributed by atoms with Gasteiger partial charge in [-0.1, -0.05) is 121 Å². The number of rotatable bonds is 4. The van der Waals surface area contributed by atoms with E-state index in [4.69, 9.17) is 15.0 Å². The first-order chi connectivity index (χ1) is 25.3. The van der Waals surface area contributed by atoms with E-state index in [-0.39, 0.29) is 0 Å². The zero-order chi connectivity index (χ0) is 33.5. The smallest absolute Gasteiger partial charge is 0.238 e. The molecule has 4 aromatic heterocycles. The van der Waals surface area contributed by atoms with Crippen LogP contribution in [0.15, 0.2) is 164 Å². The largest absolute Gasteiger partial charge is 0.308 e. The number of hydrogen-bond donors (Lipinski definition) is 0. The van der Waals surface area contributed by atoms with Crippen molar-refractivity contribution >= 4 is 75.1 Å². The Hall–Kier alpha value is -6.63. The van der Waals surface area contributed by atoms with Crippen molar-refractivity contribution in [3.63, 3.8) is 0 Å². The highest BCUT2D eigenvalue weighted by atomic mass is 32.1. The van der Waals surface area contributed by atoms with Crippen LogP contribution in [-0.2, 0) is 0 Å². The topological polar surface area (TPSA) is 48.5 Å². The quantitative estimate of drug-likeness (QED) is 0.187. The summed E-state index contributed by atoms with van der Waals surface area (Å²) in [6.45, 7) is 0. The van der Waals surface area contributed by atoms with E-state index in [0.717, 1.165) is 38.4 Å². The third-order valence-corrected chi connectivity index (χ3v) is 11.1. The van der Waals surface area contributed by atoms with E-state index in [1.165, 1.54) is 42.1 Å². The predicted molar refractivity (Wildman–Crippen MR) is 212 cm³/mol. The lowest BCUT2D eigenvalue weighted by Crippen LogP contribution is -2.06. The molecule has 0 N–H and O–H groups in total. The van der Waals surface area contributed by atoms with Crippen LogP contribution >= 0.6 is 11.3 Å². The second kappa shape index (κ2) is 10.9. The second-order valence-electron chi connectivity index (χ2n) is 12.9. The van der Waals surface area contributed by atoms with Crippen LogP contribution in [0.5, 0.6) is 0 Å². The van der Waals surface area contributed by atoms with Gasteiger partial charge in [0.15, 0.2) is 11.6 Å². The van der Waals surface area contributed by atoms with Gasteiger partial charge in [0.05, 0.1) is 27.8 Å². The highest BCUT2D eigenvalue weighted by molar-refractivity contribution is 7.25. The van der Waals surface area contributed by atoms with Crippen molar-refractivity contribution in [1.29, 1.82) is 0 Å². The standard InChI is InChI=1S/C45H27N5S/c1-3-14-28(15-4-1)43-46-44(29-16-5-2-6-17-29)48-45(47-43)50-36-22-11-8-19-31(36)34-26-33-30-18-7-10-21-35(30)49(38(33)27-39(34)50)37-23-13-25-41-42(37)32-20-9-12-24-40(32)51-41/h1-27H. The summed E-state index contributed by atoms with van der Waals surface area (Å²) in [7, 11) is 0. The zero-order valence-electron chi connectivity index (χ0n) is 27.2. The molecule has 0 atom stereocenters. The van der Waals surface area contributed by atoms with Crippen molar-refractivity contribution < 1.29 is 0 Å². The molecule has 0 amide bonds. The van der Waals surface area contributed by atoms with Crippen molar-refractivity contribution in [3.8, 4) is 34.4 Å². The first-order valence-electron chi connectivity index (χ1n) is 17.0. The summed E-state index contributed by atoms with van der Waals surface area (Å²) in [6, 6.07) is 57.8. The van der Waals surface area contributed by atoms with Crippen LogP contribution in [0.4, 0.5) is 0 Å². The molecule has 0 radical (unpaired) electrons. The van der Waals surface area contributed by atoms with Gasteiger partial charge in [-0.15, -0.1) is 11.3 Å². The lowest BCUT2D eigenvalue weighted by atomic mass is 10.1. The predicted octanol–water partition coefficient (Wildman–Crippen LogP) is 11.8. The van der Waals surface area contributed by atoms with Gasteiger partial charge in [0.2, 0.25) is 5.95 Å². The van der Waals surface area contributed by atoms with Crippen LogP contribution in [0.1, 0.15) is 0 Å². The lowest BCUT2D eigenvalue weighted by Gasteiger charge is -2.12. The van der Waals surface area contributed by atoms with Crippen LogP contribution in [-0.4, -0.2) is 24.1 Å². The monoisotopic (exact) mass is 669 g/mol. The summed E-state index contributed by atoms with van der Waals surface area (Å²) in [4.78, 5) is 15.3. The number of hydrogen-bond acceptors (Lipinski definition) is 4. The molecule has 11 aromatic rings. The average Bonchev–Trinajstić information content (AvgIpc) is 3.85. The van der Waals surface area contributed by atoms with Crippen LogP contribution < -0.4 is 0 Å². The summed E-state index contributed by atoms with van der Waals surface area (Å²) in [5.74, 6) is 1.86. The molecule has 6 heteroatoms. The highest BCUT2D eigenvalue weighted by Gasteiger charge is 2.22. The van der Waals surface area contributed by atoms with Crippen molar-refractivity contribution in [2.75, 3.05) is 0 Å². The Labute approximate surface area is 296 Å². The first-order valence-corrected chi connectivity index (χ1v) is 17.9. The maximum atomic E-state index is 5.18. The summed E-state index contributed by atoms with van der Waals surface area (Å²) < 4.78 is 7.24. The normalized spacial score (nSPS) is 11.9. The van der Waals surface area contributed by atoms with Crippen LogP contribution in [0, 0.1) is 0 Å². The fourth-order valence-corrected chi connectivity index (χ4v) is 8.87. The van der Waals surface area contributed by atoms with E-state index < -0.39 is 0 Å². The van der Waals surface area contributed by atoms with E-state index in [9.17, 15) is 0 Å². The second-order valence-corrected chi connectivity index (χ2v) is 13.9. The van der Waals surface area contributed by atoms with Crippen molar-refractivity contribution in [3.05, 3.63) is 164 Å². The fraction of sp³-hybridized carbons (Fsp3) is 0. The molecule has 0 bridgehead atoms. The molecule has 4 heterocycles. The number of aromatic nitrogens is 5. The van der Waals surface area contributed by atoms with Gasteiger partial charge < -0.3 is 4.57 Å². The van der Waals surface area contributed by atoms with E-state index >= 15 is 0 Å². The van der Waals surface area contributed by atoms with E-state index in [0.29, 0.717) is 17.6 Å². The Kier molecular flexibility index (Phi) is 6.05. The maximum absolute atomic E-state index is 5.18. The molecule has 5 nitrogen and oxygen atoms in total. The number of nitrogens with zero attached hydrogens (tertiary/aromatic N) is 5. The molecule has 0 aliphatic heterocycles. The molecular formula is C45H27N5S. The molecule has 0 aliphatic rings. The van der Waals surface area contributed by atoms with Crippen molar-refractivity contribution in [2.24, 2.45) is 0 Å². The van der Waals surface area contributed by atoms with Crippen molar-refractivity contribution in [2.45, 2.75) is 0 Å². The van der Waals surface area contributed by atoms with Gasteiger partial charge in [0.25, 0.3) is 0 Å². The molecule has 11 rings (SSSR count). The Morgan fingerprint density at radius 3 is 1.57 bits per heavy atom. The zero-order valence-corrected chi connectivity index (χ0v) is 28.0. The maximum Gasteiger partial charge on any atom is 0.238 e. The van der Waals surface area contributed by atoms with E-state index in [2.05, 4.69) is 137 Å². The number of benzene rings is 7. The van der Waals surface area contributed by atoms with Crippen LogP contribution in [0.25, 0.3) is 98.2 Å². The first kappa shape index (κ1) is 28.2. The summed E-state index contributed by atoms with van der Waals surface area (Å²) >= 11 is 1.85. The van der Waals surface area contributed by atoms with E-state index in [1.54, 1.807) is 0 Å². The minimum atomic E-state index is 0.585. The number of thiophene rings is 1. The molecule has 0 spiro atoms. The van der Waals surface area contributed by atoms with Crippen LogP contribution in [0.2, 0.25) is 0 Å². The summed E-state index contributed by atoms with van der Waals surface area (Å²) in [5, 5.41) is 7.30. The van der Waals surface area contributed by atoms with Crippen LogP contribution in [0.3, 0.4) is 0 Å². The minimum Gasteiger partial charge on any atom is -0.308 e. The highest BCUT2D eigenvalue weighted by Crippen LogP contribution is 2.43. The van der Waals surface area contributed by atoms with Gasteiger partial charge in [-0.25, -0.2) is 4.98 Å². The average molecular weight is 670 g/mol. The summed E-state index contributed by atoms with van der Waals surface area (Å²) in [6.07, 6.45) is 0. The van der Waals surface area contributed by atoms with Crippen molar-refractivity contribution in [1.82, 2.24) is 24.1 Å². The van der Waals surface area contributed by atoms with Gasteiger partial charge in [0, 0.05) is 52.8 Å². The molecule has 238 valence electrons. The number of para-hydroxylation sites is 2. The third-order valence-electron chi connectivity index (χ3n) is 9.98. The van der Waals surface area contributed by atoms with Gasteiger partial charge >= 0.3 is 0 Å². The molecule has 0 fully saturated rings. The third kappa shape index (κ3) is 4.24. The van der Waals surface area contributed by atoms with E-state index in [1.807, 2.05) is 47.7 Å². The molecule has 51 heavy (non-hydrogen) atoms. The Morgan fingerprint density at radius 1 is 0.373 bits per heavy atom. The van der Waals surface area contributed by atoms with Gasteiger partial charge in [-0.3, -0.25) is 4.57 Å². The van der Waals surface area contributed by atoms with Gasteiger partial charge in [0.1, 0.15) is 0 Å². The van der Waals surface area contributed by atoms with Gasteiger partial charge in [-0.05, 0) is 42.5 Å². The summed E-state index contributed by atoms with van der Waals surface area (Å²) in [5.41, 5.74) is 7.46. The molecular weight excluding hydrogens is 643 g/mol. The molecule has 0 aliphatic carbocycles. The molecule has 0 saturated carbocycles. The Bertz CT molecular complexity index is 3080. The fourth-order valence-electron chi connectivity index (χ4n) is 7.75.